The van der Waals surface area contributed by atoms with Crippen molar-refractivity contribution in [2.45, 2.75) is 32.7 Å². The van der Waals surface area contributed by atoms with Gasteiger partial charge in [0.15, 0.2) is 0 Å². The van der Waals surface area contributed by atoms with E-state index >= 15 is 0 Å². The molecule has 6 heteroatoms. The van der Waals surface area contributed by atoms with Crippen LogP contribution in [0.5, 0.6) is 5.75 Å². The minimum Gasteiger partial charge on any atom is -0.494 e. The SMILES string of the molecule is COc1ccccc1-n1nc2c(c1-c1ccc(C#N)cc1)C[C@H](n1cnc(C)c1C)C2. The number of methoxy groups -OCH3 is 1. The molecular weight excluding hydrogens is 386 g/mol. The lowest BCUT2D eigenvalue weighted by atomic mass is 10.0. The van der Waals surface area contributed by atoms with E-state index in [1.165, 1.54) is 11.3 Å². The molecule has 5 rings (SSSR count). The summed E-state index contributed by atoms with van der Waals surface area (Å²) >= 11 is 0. The second kappa shape index (κ2) is 7.44. The van der Waals surface area contributed by atoms with Crippen molar-refractivity contribution < 1.29 is 4.74 Å². The maximum Gasteiger partial charge on any atom is 0.144 e. The Balaban J connectivity index is 1.66. The summed E-state index contributed by atoms with van der Waals surface area (Å²) in [6.45, 7) is 4.17. The van der Waals surface area contributed by atoms with Gasteiger partial charge < -0.3 is 9.30 Å². The molecule has 0 amide bonds. The molecule has 4 aromatic rings. The van der Waals surface area contributed by atoms with Gasteiger partial charge in [-0.3, -0.25) is 0 Å². The predicted molar refractivity (Wildman–Crippen MR) is 118 cm³/mol. The Labute approximate surface area is 181 Å². The summed E-state index contributed by atoms with van der Waals surface area (Å²) in [5.41, 5.74) is 8.26. The number of nitriles is 1. The highest BCUT2D eigenvalue weighted by Gasteiger charge is 2.32. The Morgan fingerprint density at radius 1 is 1.06 bits per heavy atom. The molecule has 1 atom stereocenters. The maximum absolute atomic E-state index is 9.21. The molecule has 0 saturated carbocycles. The van der Waals surface area contributed by atoms with E-state index in [9.17, 15) is 5.26 Å². The Morgan fingerprint density at radius 3 is 2.52 bits per heavy atom. The smallest absolute Gasteiger partial charge is 0.144 e. The largest absolute Gasteiger partial charge is 0.494 e. The second-order valence-electron chi connectivity index (χ2n) is 7.93. The number of ether oxygens (including phenoxy) is 1. The van der Waals surface area contributed by atoms with E-state index in [-0.39, 0.29) is 0 Å². The molecule has 6 nitrogen and oxygen atoms in total. The van der Waals surface area contributed by atoms with E-state index in [1.807, 2.05) is 66.5 Å². The monoisotopic (exact) mass is 409 g/mol. The predicted octanol–water partition coefficient (Wildman–Crippen LogP) is 4.57. The fraction of sp³-hybridized carbons (Fsp3) is 0.240. The lowest BCUT2D eigenvalue weighted by Gasteiger charge is -2.17. The van der Waals surface area contributed by atoms with Crippen LogP contribution in [-0.4, -0.2) is 26.4 Å². The number of aryl methyl sites for hydroxylation is 1. The summed E-state index contributed by atoms with van der Waals surface area (Å²) in [5, 5.41) is 14.2. The van der Waals surface area contributed by atoms with E-state index in [1.54, 1.807) is 7.11 Å². The first kappa shape index (κ1) is 19.1. The van der Waals surface area contributed by atoms with Crippen LogP contribution in [-0.2, 0) is 12.8 Å². The van der Waals surface area contributed by atoms with Gasteiger partial charge in [0, 0.05) is 29.3 Å². The van der Waals surface area contributed by atoms with E-state index < -0.39 is 0 Å². The number of aromatic nitrogens is 4. The molecule has 31 heavy (non-hydrogen) atoms. The third-order valence-corrected chi connectivity index (χ3v) is 6.22. The highest BCUT2D eigenvalue weighted by Crippen LogP contribution is 2.40. The summed E-state index contributed by atoms with van der Waals surface area (Å²) in [6, 6.07) is 18.2. The van der Waals surface area contributed by atoms with Crippen molar-refractivity contribution in [2.24, 2.45) is 0 Å². The van der Waals surface area contributed by atoms with Gasteiger partial charge in [-0.05, 0) is 44.5 Å². The highest BCUT2D eigenvalue weighted by molar-refractivity contribution is 5.70. The number of nitrogens with zero attached hydrogens (tertiary/aromatic N) is 5. The van der Waals surface area contributed by atoms with Crippen molar-refractivity contribution in [3.8, 4) is 28.8 Å². The number of hydrogen-bond acceptors (Lipinski definition) is 4. The molecule has 1 aliphatic rings. The normalized spacial score (nSPS) is 15.0. The number of para-hydroxylation sites is 2. The standard InChI is InChI=1S/C25H23N5O/c1-16-17(2)29(15-27-16)20-12-21-22(13-20)28-30(23-6-4-5-7-24(23)31-3)25(21)19-10-8-18(14-26)9-11-19/h4-11,15,20H,12-13H2,1-3H3/t20-/m0/s1. The quantitative estimate of drug-likeness (QED) is 0.495. The van der Waals surface area contributed by atoms with Gasteiger partial charge in [-0.1, -0.05) is 24.3 Å². The molecular formula is C25H23N5O. The summed E-state index contributed by atoms with van der Waals surface area (Å²) in [7, 11) is 1.68. The van der Waals surface area contributed by atoms with Gasteiger partial charge in [-0.15, -0.1) is 0 Å². The third kappa shape index (κ3) is 3.10. The van der Waals surface area contributed by atoms with E-state index in [2.05, 4.69) is 22.5 Å². The minimum absolute atomic E-state index is 0.308. The first-order valence-corrected chi connectivity index (χ1v) is 10.4. The van der Waals surface area contributed by atoms with Crippen molar-refractivity contribution >= 4 is 0 Å². The van der Waals surface area contributed by atoms with Crippen LogP contribution < -0.4 is 4.74 Å². The summed E-state index contributed by atoms with van der Waals surface area (Å²) in [6.07, 6.45) is 3.69. The number of rotatable bonds is 4. The van der Waals surface area contributed by atoms with Crippen molar-refractivity contribution in [3.05, 3.63) is 83.1 Å². The van der Waals surface area contributed by atoms with Crippen LogP contribution >= 0.6 is 0 Å². The van der Waals surface area contributed by atoms with Gasteiger partial charge in [0.25, 0.3) is 0 Å². The molecule has 0 fully saturated rings. The molecule has 2 aromatic heterocycles. The van der Waals surface area contributed by atoms with Gasteiger partial charge in [0.2, 0.25) is 0 Å². The Kier molecular flexibility index (Phi) is 4.59. The molecule has 0 radical (unpaired) electrons. The third-order valence-electron chi connectivity index (χ3n) is 6.22. The van der Waals surface area contributed by atoms with Gasteiger partial charge in [-0.2, -0.15) is 10.4 Å². The van der Waals surface area contributed by atoms with Crippen LogP contribution in [0, 0.1) is 25.2 Å². The van der Waals surface area contributed by atoms with Crippen LogP contribution in [0.4, 0.5) is 0 Å². The summed E-state index contributed by atoms with van der Waals surface area (Å²) in [4.78, 5) is 4.49. The van der Waals surface area contributed by atoms with Gasteiger partial charge in [0.1, 0.15) is 11.4 Å². The molecule has 0 aliphatic heterocycles. The fourth-order valence-electron chi connectivity index (χ4n) is 4.46. The fourth-order valence-corrected chi connectivity index (χ4v) is 4.46. The Hall–Kier alpha value is -3.85. The zero-order valence-corrected chi connectivity index (χ0v) is 17.8. The zero-order valence-electron chi connectivity index (χ0n) is 17.8. The minimum atomic E-state index is 0.308. The van der Waals surface area contributed by atoms with Crippen molar-refractivity contribution in [1.82, 2.24) is 19.3 Å². The second-order valence-corrected chi connectivity index (χ2v) is 7.93. The molecule has 0 bridgehead atoms. The van der Waals surface area contributed by atoms with Crippen molar-refractivity contribution in [2.75, 3.05) is 7.11 Å². The molecule has 2 heterocycles. The van der Waals surface area contributed by atoms with Crippen LogP contribution in [0.1, 0.15) is 34.3 Å². The van der Waals surface area contributed by atoms with E-state index in [0.717, 1.165) is 46.9 Å². The topological polar surface area (TPSA) is 68.7 Å². The molecule has 0 unspecified atom stereocenters. The number of imidazole rings is 1. The van der Waals surface area contributed by atoms with Gasteiger partial charge in [-0.25, -0.2) is 9.67 Å². The summed E-state index contributed by atoms with van der Waals surface area (Å²) in [5.74, 6) is 0.774. The van der Waals surface area contributed by atoms with Crippen molar-refractivity contribution in [1.29, 1.82) is 5.26 Å². The maximum atomic E-state index is 9.21. The highest BCUT2D eigenvalue weighted by atomic mass is 16.5. The van der Waals surface area contributed by atoms with E-state index in [0.29, 0.717) is 11.6 Å². The van der Waals surface area contributed by atoms with Crippen LogP contribution in [0.3, 0.4) is 0 Å². The zero-order chi connectivity index (χ0) is 21.5. The molecule has 154 valence electrons. The lowest BCUT2D eigenvalue weighted by Crippen LogP contribution is -2.12. The Bertz CT molecular complexity index is 1310. The van der Waals surface area contributed by atoms with E-state index in [4.69, 9.17) is 9.84 Å². The first-order chi connectivity index (χ1) is 15.1. The molecule has 0 spiro atoms. The van der Waals surface area contributed by atoms with Crippen LogP contribution in [0.15, 0.2) is 54.9 Å². The molecule has 2 aromatic carbocycles. The lowest BCUT2D eigenvalue weighted by molar-refractivity contribution is 0.411. The first-order valence-electron chi connectivity index (χ1n) is 10.4. The van der Waals surface area contributed by atoms with Crippen LogP contribution in [0.2, 0.25) is 0 Å². The average molecular weight is 409 g/mol. The Morgan fingerprint density at radius 2 is 1.84 bits per heavy atom. The average Bonchev–Trinajstić information content (AvgIpc) is 3.46. The number of fused-ring (bicyclic) bond motifs is 1. The summed E-state index contributed by atoms with van der Waals surface area (Å²) < 4.78 is 9.88. The van der Waals surface area contributed by atoms with Crippen molar-refractivity contribution in [3.63, 3.8) is 0 Å². The van der Waals surface area contributed by atoms with Gasteiger partial charge >= 0.3 is 0 Å². The molecule has 1 aliphatic carbocycles. The van der Waals surface area contributed by atoms with Gasteiger partial charge in [0.05, 0.1) is 42.2 Å². The molecule has 0 saturated heterocycles. The number of benzene rings is 2. The van der Waals surface area contributed by atoms with Crippen LogP contribution in [0.25, 0.3) is 16.9 Å². The molecule has 0 N–H and O–H groups in total. The number of hydrogen-bond donors (Lipinski definition) is 0.